The van der Waals surface area contributed by atoms with Crippen LogP contribution in [-0.4, -0.2) is 15.5 Å². The largest absolute Gasteiger partial charge is 0.437 e. The van der Waals surface area contributed by atoms with Gasteiger partial charge in [0.15, 0.2) is 0 Å². The average Bonchev–Trinajstić information content (AvgIpc) is 2.91. The molecule has 0 aliphatic rings. The number of benzene rings is 2. The molecule has 1 heterocycles. The minimum absolute atomic E-state index is 0.154. The van der Waals surface area contributed by atoms with Crippen molar-refractivity contribution in [2.24, 2.45) is 0 Å². The van der Waals surface area contributed by atoms with Crippen molar-refractivity contribution in [3.8, 4) is 11.5 Å². The van der Waals surface area contributed by atoms with Crippen molar-refractivity contribution in [3.63, 3.8) is 0 Å². The molecule has 0 saturated heterocycles. The first kappa shape index (κ1) is 15.5. The van der Waals surface area contributed by atoms with E-state index in [-0.39, 0.29) is 17.5 Å². The summed E-state index contributed by atoms with van der Waals surface area (Å²) in [5.41, 5.74) is 0.536. The van der Waals surface area contributed by atoms with Gasteiger partial charge in [-0.15, -0.1) is 16.9 Å². The standard InChI is InChI=1S/C16H12F2N2O2S/c17-12-3-1-11(2-4-12)15-19-20(16(21)22-15)9-10-23-14-7-5-13(18)6-8-14/h1-8H,9-10H2. The van der Waals surface area contributed by atoms with Gasteiger partial charge in [0.2, 0.25) is 5.89 Å². The van der Waals surface area contributed by atoms with Gasteiger partial charge in [-0.2, -0.15) is 4.68 Å². The molecule has 23 heavy (non-hydrogen) atoms. The molecule has 0 radical (unpaired) electrons. The average molecular weight is 334 g/mol. The zero-order valence-electron chi connectivity index (χ0n) is 11.9. The lowest BCUT2D eigenvalue weighted by Crippen LogP contribution is -2.17. The van der Waals surface area contributed by atoms with Gasteiger partial charge in [0.1, 0.15) is 11.6 Å². The van der Waals surface area contributed by atoms with Gasteiger partial charge < -0.3 is 4.42 Å². The number of aryl methyl sites for hydroxylation is 1. The number of nitrogens with zero attached hydrogens (tertiary/aromatic N) is 2. The van der Waals surface area contributed by atoms with Crippen LogP contribution in [0.1, 0.15) is 0 Å². The molecule has 0 bridgehead atoms. The highest BCUT2D eigenvalue weighted by molar-refractivity contribution is 7.99. The summed E-state index contributed by atoms with van der Waals surface area (Å²) in [6, 6.07) is 11.7. The molecule has 0 fully saturated rings. The summed E-state index contributed by atoms with van der Waals surface area (Å²) in [7, 11) is 0. The Bertz CT molecular complexity index is 842. The van der Waals surface area contributed by atoms with Crippen LogP contribution in [0.3, 0.4) is 0 Å². The summed E-state index contributed by atoms with van der Waals surface area (Å²) >= 11 is 1.48. The predicted molar refractivity (Wildman–Crippen MR) is 83.3 cm³/mol. The SMILES string of the molecule is O=c1oc(-c2ccc(F)cc2)nn1CCSc1ccc(F)cc1. The lowest BCUT2D eigenvalue weighted by molar-refractivity contribution is 0.491. The number of thioether (sulfide) groups is 1. The molecule has 0 aliphatic carbocycles. The van der Waals surface area contributed by atoms with Crippen LogP contribution < -0.4 is 5.76 Å². The molecular weight excluding hydrogens is 322 g/mol. The molecule has 2 aromatic carbocycles. The third-order valence-electron chi connectivity index (χ3n) is 3.08. The Morgan fingerprint density at radius 2 is 1.61 bits per heavy atom. The topological polar surface area (TPSA) is 48.0 Å². The van der Waals surface area contributed by atoms with Crippen LogP contribution in [-0.2, 0) is 6.54 Å². The van der Waals surface area contributed by atoms with Crippen LogP contribution in [0.2, 0.25) is 0 Å². The molecule has 3 aromatic rings. The normalized spacial score (nSPS) is 10.9. The number of hydrogen-bond acceptors (Lipinski definition) is 4. The van der Waals surface area contributed by atoms with Gasteiger partial charge in [-0.1, -0.05) is 0 Å². The monoisotopic (exact) mass is 334 g/mol. The molecule has 0 unspecified atom stereocenters. The third-order valence-corrected chi connectivity index (χ3v) is 4.08. The first-order chi connectivity index (χ1) is 11.1. The highest BCUT2D eigenvalue weighted by Crippen LogP contribution is 2.19. The second-order valence-corrected chi connectivity index (χ2v) is 5.87. The summed E-state index contributed by atoms with van der Waals surface area (Å²) in [5, 5.41) is 4.10. The van der Waals surface area contributed by atoms with E-state index < -0.39 is 5.76 Å². The van der Waals surface area contributed by atoms with Gasteiger partial charge in [0.05, 0.1) is 6.54 Å². The Kier molecular flexibility index (Phi) is 4.57. The van der Waals surface area contributed by atoms with Gasteiger partial charge in [-0.25, -0.2) is 13.6 Å². The summed E-state index contributed by atoms with van der Waals surface area (Å²) in [4.78, 5) is 12.7. The maximum absolute atomic E-state index is 12.9. The van der Waals surface area contributed by atoms with Crippen LogP contribution in [0.5, 0.6) is 0 Å². The van der Waals surface area contributed by atoms with Gasteiger partial charge in [0.25, 0.3) is 0 Å². The third kappa shape index (κ3) is 3.87. The Hall–Kier alpha value is -2.41. The Balaban J connectivity index is 1.65. The zero-order valence-corrected chi connectivity index (χ0v) is 12.7. The maximum Gasteiger partial charge on any atom is 0.437 e. The van der Waals surface area contributed by atoms with E-state index in [2.05, 4.69) is 5.10 Å². The van der Waals surface area contributed by atoms with Crippen molar-refractivity contribution in [2.45, 2.75) is 11.4 Å². The van der Waals surface area contributed by atoms with Crippen LogP contribution in [0, 0.1) is 11.6 Å². The van der Waals surface area contributed by atoms with Crippen LogP contribution in [0.15, 0.2) is 62.6 Å². The van der Waals surface area contributed by atoms with E-state index in [9.17, 15) is 13.6 Å². The number of rotatable bonds is 5. The van der Waals surface area contributed by atoms with E-state index in [1.54, 1.807) is 12.1 Å². The summed E-state index contributed by atoms with van der Waals surface area (Å²) in [5.74, 6) is -0.482. The van der Waals surface area contributed by atoms with Gasteiger partial charge in [-0.3, -0.25) is 0 Å². The summed E-state index contributed by atoms with van der Waals surface area (Å²) < 4.78 is 32.0. The zero-order chi connectivity index (χ0) is 16.2. The molecule has 3 rings (SSSR count). The Morgan fingerprint density at radius 3 is 2.26 bits per heavy atom. The first-order valence-corrected chi connectivity index (χ1v) is 7.82. The maximum atomic E-state index is 12.9. The van der Waals surface area contributed by atoms with E-state index in [4.69, 9.17) is 4.42 Å². The highest BCUT2D eigenvalue weighted by Gasteiger charge is 2.10. The molecule has 0 spiro atoms. The number of halogens is 2. The molecule has 0 amide bonds. The van der Waals surface area contributed by atoms with E-state index in [1.807, 2.05) is 0 Å². The second-order valence-electron chi connectivity index (χ2n) is 4.71. The minimum Gasteiger partial charge on any atom is -0.388 e. The van der Waals surface area contributed by atoms with Crippen LogP contribution >= 0.6 is 11.8 Å². The Labute approximate surface area is 134 Å². The second kappa shape index (κ2) is 6.78. The lowest BCUT2D eigenvalue weighted by Gasteiger charge is -2.00. The quantitative estimate of drug-likeness (QED) is 0.669. The molecule has 0 N–H and O–H groups in total. The fourth-order valence-corrected chi connectivity index (χ4v) is 2.77. The highest BCUT2D eigenvalue weighted by atomic mass is 32.2. The number of hydrogen-bond donors (Lipinski definition) is 0. The van der Waals surface area contributed by atoms with Crippen molar-refractivity contribution in [2.75, 3.05) is 5.75 Å². The molecule has 0 atom stereocenters. The van der Waals surface area contributed by atoms with Crippen LogP contribution in [0.25, 0.3) is 11.5 Å². The molecule has 1 aromatic heterocycles. The fraction of sp³-hybridized carbons (Fsp3) is 0.125. The molecule has 0 aliphatic heterocycles. The predicted octanol–water partition coefficient (Wildman–Crippen LogP) is 3.57. The van der Waals surface area contributed by atoms with Gasteiger partial charge >= 0.3 is 5.76 Å². The Morgan fingerprint density at radius 1 is 1.00 bits per heavy atom. The number of aromatic nitrogens is 2. The van der Waals surface area contributed by atoms with E-state index >= 15 is 0 Å². The van der Waals surface area contributed by atoms with Crippen molar-refractivity contribution in [1.82, 2.24) is 9.78 Å². The van der Waals surface area contributed by atoms with Gasteiger partial charge in [-0.05, 0) is 48.5 Å². The van der Waals surface area contributed by atoms with Crippen molar-refractivity contribution >= 4 is 11.8 Å². The van der Waals surface area contributed by atoms with Crippen molar-refractivity contribution in [3.05, 3.63) is 70.7 Å². The lowest BCUT2D eigenvalue weighted by atomic mass is 10.2. The molecule has 7 heteroatoms. The van der Waals surface area contributed by atoms with Crippen molar-refractivity contribution in [1.29, 1.82) is 0 Å². The van der Waals surface area contributed by atoms with E-state index in [0.29, 0.717) is 17.9 Å². The van der Waals surface area contributed by atoms with Gasteiger partial charge in [0, 0.05) is 16.2 Å². The minimum atomic E-state index is -0.566. The molecule has 118 valence electrons. The molecule has 0 saturated carbocycles. The summed E-state index contributed by atoms with van der Waals surface area (Å²) in [6.45, 7) is 0.353. The van der Waals surface area contributed by atoms with Crippen LogP contribution in [0.4, 0.5) is 8.78 Å². The molecular formula is C16H12F2N2O2S. The van der Waals surface area contributed by atoms with Crippen molar-refractivity contribution < 1.29 is 13.2 Å². The summed E-state index contributed by atoms with van der Waals surface area (Å²) in [6.07, 6.45) is 0. The fourth-order valence-electron chi connectivity index (χ4n) is 1.94. The van der Waals surface area contributed by atoms with E-state index in [0.717, 1.165) is 4.90 Å². The molecule has 4 nitrogen and oxygen atoms in total. The van der Waals surface area contributed by atoms with E-state index in [1.165, 1.54) is 52.8 Å². The smallest absolute Gasteiger partial charge is 0.388 e. The first-order valence-electron chi connectivity index (χ1n) is 6.84.